The standard InChI is InChI=1S/C16H27N7.HI/c1-11(9-14-12(2)21-23(6)13(14)3)20-16(17-4)19-10-15-18-7-8-22(15)5;/h7-8,11H,9-10H2,1-6H3,(H2,17,19,20);1H. The second kappa shape index (κ2) is 9.05. The molecule has 1 atom stereocenters. The first-order valence-electron chi connectivity index (χ1n) is 7.84. The minimum Gasteiger partial charge on any atom is -0.354 e. The van der Waals surface area contributed by atoms with Crippen molar-refractivity contribution in [2.45, 2.75) is 39.8 Å². The van der Waals surface area contributed by atoms with Crippen molar-refractivity contribution in [3.8, 4) is 0 Å². The van der Waals surface area contributed by atoms with Crippen molar-refractivity contribution >= 4 is 29.9 Å². The third kappa shape index (κ3) is 4.96. The lowest BCUT2D eigenvalue weighted by molar-refractivity contribution is 0.629. The molecule has 2 N–H and O–H groups in total. The van der Waals surface area contributed by atoms with Crippen molar-refractivity contribution in [2.75, 3.05) is 7.05 Å². The van der Waals surface area contributed by atoms with Crippen LogP contribution in [0.1, 0.15) is 29.7 Å². The third-order valence-electron chi connectivity index (χ3n) is 4.11. The average molecular weight is 445 g/mol. The summed E-state index contributed by atoms with van der Waals surface area (Å²) in [5.41, 5.74) is 3.61. The summed E-state index contributed by atoms with van der Waals surface area (Å²) in [7, 11) is 5.75. The Bertz CT molecular complexity index is 687. The number of hydrogen-bond donors (Lipinski definition) is 2. The van der Waals surface area contributed by atoms with Crippen molar-refractivity contribution in [3.05, 3.63) is 35.2 Å². The molecule has 0 bridgehead atoms. The number of aromatic nitrogens is 4. The van der Waals surface area contributed by atoms with E-state index in [4.69, 9.17) is 0 Å². The molecule has 8 heteroatoms. The molecule has 2 aromatic rings. The van der Waals surface area contributed by atoms with Crippen LogP contribution in [0.4, 0.5) is 0 Å². The topological polar surface area (TPSA) is 72.1 Å². The normalized spacial score (nSPS) is 12.7. The van der Waals surface area contributed by atoms with Gasteiger partial charge in [-0.25, -0.2) is 4.98 Å². The van der Waals surface area contributed by atoms with Gasteiger partial charge < -0.3 is 15.2 Å². The predicted octanol–water partition coefficient (Wildman–Crippen LogP) is 1.68. The van der Waals surface area contributed by atoms with E-state index in [-0.39, 0.29) is 30.0 Å². The first-order chi connectivity index (χ1) is 10.9. The van der Waals surface area contributed by atoms with Crippen molar-refractivity contribution in [2.24, 2.45) is 19.1 Å². The number of halogens is 1. The zero-order valence-corrected chi connectivity index (χ0v) is 17.6. The van der Waals surface area contributed by atoms with Crippen molar-refractivity contribution in [3.63, 3.8) is 0 Å². The van der Waals surface area contributed by atoms with Crippen LogP contribution in [0.2, 0.25) is 0 Å². The highest BCUT2D eigenvalue weighted by Gasteiger charge is 2.14. The number of nitrogens with one attached hydrogen (secondary N) is 2. The fourth-order valence-corrected chi connectivity index (χ4v) is 2.63. The van der Waals surface area contributed by atoms with Crippen molar-refractivity contribution in [1.82, 2.24) is 30.0 Å². The van der Waals surface area contributed by atoms with E-state index < -0.39 is 0 Å². The molecule has 0 aliphatic carbocycles. The maximum atomic E-state index is 4.47. The molecule has 134 valence electrons. The highest BCUT2D eigenvalue weighted by Crippen LogP contribution is 2.14. The molecule has 0 spiro atoms. The molecule has 2 aromatic heterocycles. The van der Waals surface area contributed by atoms with Crippen molar-refractivity contribution in [1.29, 1.82) is 0 Å². The zero-order valence-electron chi connectivity index (χ0n) is 15.3. The lowest BCUT2D eigenvalue weighted by Crippen LogP contribution is -2.43. The maximum Gasteiger partial charge on any atom is 0.191 e. The van der Waals surface area contributed by atoms with Crippen LogP contribution in [0.15, 0.2) is 17.4 Å². The van der Waals surface area contributed by atoms with E-state index in [2.05, 4.69) is 46.5 Å². The maximum absolute atomic E-state index is 4.47. The molecule has 0 amide bonds. The van der Waals surface area contributed by atoms with Crippen LogP contribution in [0, 0.1) is 13.8 Å². The van der Waals surface area contributed by atoms with Crippen LogP contribution in [0.25, 0.3) is 0 Å². The van der Waals surface area contributed by atoms with Gasteiger partial charge in [0.1, 0.15) is 5.82 Å². The van der Waals surface area contributed by atoms with Crippen LogP contribution < -0.4 is 10.6 Å². The zero-order chi connectivity index (χ0) is 17.0. The van der Waals surface area contributed by atoms with Gasteiger partial charge in [0.2, 0.25) is 0 Å². The minimum atomic E-state index is 0. The fraction of sp³-hybridized carbons (Fsp3) is 0.562. The van der Waals surface area contributed by atoms with Crippen LogP contribution in [0.5, 0.6) is 0 Å². The molecule has 24 heavy (non-hydrogen) atoms. The van der Waals surface area contributed by atoms with Crippen LogP contribution in [-0.2, 0) is 27.1 Å². The van der Waals surface area contributed by atoms with E-state index in [9.17, 15) is 0 Å². The Morgan fingerprint density at radius 2 is 2.04 bits per heavy atom. The number of aliphatic imine (C=N–C) groups is 1. The van der Waals surface area contributed by atoms with Gasteiger partial charge in [-0.2, -0.15) is 5.10 Å². The van der Waals surface area contributed by atoms with E-state index in [1.807, 2.05) is 29.5 Å². The Kier molecular flexibility index (Phi) is 7.71. The molecular formula is C16H28IN7. The molecule has 2 heterocycles. The Hall–Kier alpha value is -1.58. The number of rotatable bonds is 5. The number of imidazole rings is 1. The van der Waals surface area contributed by atoms with Gasteiger partial charge in [0.05, 0.1) is 12.2 Å². The second-order valence-corrected chi connectivity index (χ2v) is 5.90. The van der Waals surface area contributed by atoms with Gasteiger partial charge in [0, 0.05) is 45.3 Å². The molecule has 0 fully saturated rings. The quantitative estimate of drug-likeness (QED) is 0.418. The summed E-state index contributed by atoms with van der Waals surface area (Å²) in [5.74, 6) is 1.75. The molecule has 1 unspecified atom stereocenters. The Labute approximate surface area is 161 Å². The van der Waals surface area contributed by atoms with Gasteiger partial charge in [0.25, 0.3) is 0 Å². The summed E-state index contributed by atoms with van der Waals surface area (Å²) < 4.78 is 3.93. The van der Waals surface area contributed by atoms with E-state index >= 15 is 0 Å². The number of hydrogen-bond acceptors (Lipinski definition) is 3. The molecule has 0 aliphatic rings. The molecular weight excluding hydrogens is 417 g/mol. The molecule has 0 saturated carbocycles. The van der Waals surface area contributed by atoms with Crippen LogP contribution in [-0.4, -0.2) is 38.4 Å². The minimum absolute atomic E-state index is 0. The molecule has 0 saturated heterocycles. The first-order valence-corrected chi connectivity index (χ1v) is 7.84. The van der Waals surface area contributed by atoms with Gasteiger partial charge in [-0.1, -0.05) is 0 Å². The second-order valence-electron chi connectivity index (χ2n) is 5.90. The summed E-state index contributed by atoms with van der Waals surface area (Å²) in [6.45, 7) is 6.96. The van der Waals surface area contributed by atoms with E-state index in [0.29, 0.717) is 6.54 Å². The van der Waals surface area contributed by atoms with Gasteiger partial charge in [-0.3, -0.25) is 9.67 Å². The summed E-state index contributed by atoms with van der Waals surface area (Å²) in [5, 5.41) is 11.2. The van der Waals surface area contributed by atoms with Crippen molar-refractivity contribution < 1.29 is 0 Å². The molecule has 2 rings (SSSR count). The monoisotopic (exact) mass is 445 g/mol. The van der Waals surface area contributed by atoms with Gasteiger partial charge in [-0.15, -0.1) is 24.0 Å². The summed E-state index contributed by atoms with van der Waals surface area (Å²) >= 11 is 0. The largest absolute Gasteiger partial charge is 0.354 e. The highest BCUT2D eigenvalue weighted by molar-refractivity contribution is 14.0. The van der Waals surface area contributed by atoms with Gasteiger partial charge in [-0.05, 0) is 32.8 Å². The molecule has 0 aliphatic heterocycles. The molecule has 7 nitrogen and oxygen atoms in total. The van der Waals surface area contributed by atoms with E-state index in [1.165, 1.54) is 11.3 Å². The van der Waals surface area contributed by atoms with Gasteiger partial charge >= 0.3 is 0 Å². The smallest absolute Gasteiger partial charge is 0.191 e. The predicted molar refractivity (Wildman–Crippen MR) is 108 cm³/mol. The number of aryl methyl sites for hydroxylation is 3. The van der Waals surface area contributed by atoms with Crippen LogP contribution >= 0.6 is 24.0 Å². The first kappa shape index (κ1) is 20.5. The third-order valence-corrected chi connectivity index (χ3v) is 4.11. The summed E-state index contributed by atoms with van der Waals surface area (Å²) in [6, 6.07) is 0.254. The van der Waals surface area contributed by atoms with E-state index in [0.717, 1.165) is 23.9 Å². The SMILES string of the molecule is CN=C(NCc1nccn1C)NC(C)Cc1c(C)nn(C)c1C.I. The lowest BCUT2D eigenvalue weighted by Gasteiger charge is -2.18. The molecule has 0 radical (unpaired) electrons. The Morgan fingerprint density at radius 3 is 2.54 bits per heavy atom. The Balaban J connectivity index is 0.00000288. The molecule has 0 aromatic carbocycles. The fourth-order valence-electron chi connectivity index (χ4n) is 2.63. The van der Waals surface area contributed by atoms with E-state index in [1.54, 1.807) is 13.2 Å². The highest BCUT2D eigenvalue weighted by atomic mass is 127. The number of nitrogens with zero attached hydrogens (tertiary/aromatic N) is 5. The summed E-state index contributed by atoms with van der Waals surface area (Å²) in [6.07, 6.45) is 4.64. The Morgan fingerprint density at radius 1 is 1.33 bits per heavy atom. The van der Waals surface area contributed by atoms with Gasteiger partial charge in [0.15, 0.2) is 5.96 Å². The lowest BCUT2D eigenvalue weighted by atomic mass is 10.1. The average Bonchev–Trinajstić information content (AvgIpc) is 3.02. The number of guanidine groups is 1. The summed E-state index contributed by atoms with van der Waals surface area (Å²) in [4.78, 5) is 8.59. The van der Waals surface area contributed by atoms with Crippen LogP contribution in [0.3, 0.4) is 0 Å².